The van der Waals surface area contributed by atoms with Crippen LogP contribution in [0.3, 0.4) is 0 Å². The van der Waals surface area contributed by atoms with E-state index in [0.717, 1.165) is 0 Å². The van der Waals surface area contributed by atoms with Crippen LogP contribution in [0.2, 0.25) is 0 Å². The molecule has 6 heteroatoms. The summed E-state index contributed by atoms with van der Waals surface area (Å²) in [6.07, 6.45) is 0. The van der Waals surface area contributed by atoms with E-state index in [0.29, 0.717) is 29.4 Å². The number of nitrogens with one attached hydrogen (secondary N) is 1. The van der Waals surface area contributed by atoms with Crippen LogP contribution in [0.25, 0.3) is 0 Å². The lowest BCUT2D eigenvalue weighted by atomic mass is 10.0. The number of methoxy groups -OCH3 is 4. The largest absolute Gasteiger partial charge is 0.496 e. The van der Waals surface area contributed by atoms with Crippen molar-refractivity contribution in [3.63, 3.8) is 0 Å². The third-order valence-electron chi connectivity index (χ3n) is 2.89. The van der Waals surface area contributed by atoms with Crippen LogP contribution in [0, 0.1) is 0 Å². The first-order valence-corrected chi connectivity index (χ1v) is 6.24. The first-order valence-electron chi connectivity index (χ1n) is 6.24. The van der Waals surface area contributed by atoms with Gasteiger partial charge in [0, 0.05) is 11.6 Å². The molecule has 1 rings (SSSR count). The molecule has 0 amide bonds. The van der Waals surface area contributed by atoms with Gasteiger partial charge in [-0.05, 0) is 12.6 Å². The summed E-state index contributed by atoms with van der Waals surface area (Å²) in [4.78, 5) is 11.9. The predicted molar refractivity (Wildman–Crippen MR) is 74.5 cm³/mol. The minimum Gasteiger partial charge on any atom is -0.496 e. The first kappa shape index (κ1) is 16.1. The van der Waals surface area contributed by atoms with E-state index in [1.807, 2.05) is 6.92 Å². The maximum atomic E-state index is 11.9. The summed E-state index contributed by atoms with van der Waals surface area (Å²) in [6.45, 7) is 2.51. The summed E-state index contributed by atoms with van der Waals surface area (Å²) in [5.41, 5.74) is 0.638. The summed E-state index contributed by atoms with van der Waals surface area (Å²) >= 11 is 0. The van der Waals surface area contributed by atoms with Crippen molar-refractivity contribution in [2.75, 3.05) is 35.0 Å². The van der Waals surface area contributed by atoms with Crippen LogP contribution in [0.15, 0.2) is 12.1 Å². The molecule has 0 aromatic heterocycles. The predicted octanol–water partition coefficient (Wildman–Crippen LogP) is 1.54. The Morgan fingerprint density at radius 1 is 1.05 bits per heavy atom. The molecule has 1 unspecified atom stereocenters. The Morgan fingerprint density at radius 2 is 1.60 bits per heavy atom. The smallest absolute Gasteiger partial charge is 0.327 e. The Hall–Kier alpha value is -1.95. The molecule has 0 aliphatic rings. The van der Waals surface area contributed by atoms with Crippen LogP contribution in [0.5, 0.6) is 17.2 Å². The monoisotopic (exact) mass is 283 g/mol. The first-order chi connectivity index (χ1) is 9.62. The van der Waals surface area contributed by atoms with Crippen LogP contribution in [-0.2, 0) is 9.53 Å². The average Bonchev–Trinajstić information content (AvgIpc) is 2.50. The number of carbonyl (C=O) groups excluding carboxylic acids is 1. The van der Waals surface area contributed by atoms with Gasteiger partial charge in [0.1, 0.15) is 11.8 Å². The highest BCUT2D eigenvalue weighted by molar-refractivity contribution is 5.79. The number of carbonyl (C=O) groups is 1. The van der Waals surface area contributed by atoms with Crippen molar-refractivity contribution < 1.29 is 23.7 Å². The molecule has 0 aliphatic heterocycles. The minimum atomic E-state index is -0.625. The van der Waals surface area contributed by atoms with E-state index in [2.05, 4.69) is 5.32 Å². The SMILES string of the molecule is CCNC(C(=O)OC)c1cc(OC)c(OC)cc1OC. The van der Waals surface area contributed by atoms with Gasteiger partial charge in [-0.1, -0.05) is 6.92 Å². The van der Waals surface area contributed by atoms with E-state index < -0.39 is 12.0 Å². The molecular formula is C14H21NO5. The maximum absolute atomic E-state index is 11.9. The average molecular weight is 283 g/mol. The molecule has 0 heterocycles. The lowest BCUT2D eigenvalue weighted by Crippen LogP contribution is -2.29. The Labute approximate surface area is 119 Å². The topological polar surface area (TPSA) is 66.0 Å². The molecule has 112 valence electrons. The molecule has 0 bridgehead atoms. The molecule has 6 nitrogen and oxygen atoms in total. The van der Waals surface area contributed by atoms with Crippen molar-refractivity contribution in [2.45, 2.75) is 13.0 Å². The normalized spacial score (nSPS) is 11.7. The third-order valence-corrected chi connectivity index (χ3v) is 2.89. The van der Waals surface area contributed by atoms with Gasteiger partial charge in [-0.25, -0.2) is 4.79 Å². The Kier molecular flexibility index (Phi) is 6.11. The molecule has 0 saturated carbocycles. The van der Waals surface area contributed by atoms with Crippen LogP contribution >= 0.6 is 0 Å². The molecule has 20 heavy (non-hydrogen) atoms. The van der Waals surface area contributed by atoms with Gasteiger partial charge in [0.05, 0.1) is 28.4 Å². The summed E-state index contributed by atoms with van der Waals surface area (Å²) < 4.78 is 20.6. The molecular weight excluding hydrogens is 262 g/mol. The fourth-order valence-electron chi connectivity index (χ4n) is 1.92. The molecule has 1 aromatic carbocycles. The molecule has 0 fully saturated rings. The van der Waals surface area contributed by atoms with Crippen molar-refractivity contribution in [1.29, 1.82) is 0 Å². The number of rotatable bonds is 7. The fraction of sp³-hybridized carbons (Fsp3) is 0.500. The highest BCUT2D eigenvalue weighted by Crippen LogP contribution is 2.37. The van der Waals surface area contributed by atoms with E-state index in [9.17, 15) is 4.79 Å². The van der Waals surface area contributed by atoms with Crippen LogP contribution < -0.4 is 19.5 Å². The van der Waals surface area contributed by atoms with E-state index in [4.69, 9.17) is 18.9 Å². The zero-order chi connectivity index (χ0) is 15.1. The second kappa shape index (κ2) is 7.59. The number of ether oxygens (including phenoxy) is 4. The highest BCUT2D eigenvalue weighted by Gasteiger charge is 2.26. The van der Waals surface area contributed by atoms with Crippen molar-refractivity contribution in [1.82, 2.24) is 5.32 Å². The van der Waals surface area contributed by atoms with E-state index in [-0.39, 0.29) is 0 Å². The number of benzene rings is 1. The molecule has 0 saturated heterocycles. The van der Waals surface area contributed by atoms with E-state index in [1.165, 1.54) is 21.3 Å². The molecule has 1 N–H and O–H groups in total. The second-order valence-corrected chi connectivity index (χ2v) is 3.96. The van der Waals surface area contributed by atoms with Gasteiger partial charge < -0.3 is 24.3 Å². The Balaban J connectivity index is 3.34. The van der Waals surface area contributed by atoms with Crippen LogP contribution in [-0.4, -0.2) is 41.0 Å². The number of likely N-dealkylation sites (N-methyl/N-ethyl adjacent to an activating group) is 1. The summed E-state index contributed by atoms with van der Waals surface area (Å²) in [6, 6.07) is 2.77. The molecule has 1 aromatic rings. The fourth-order valence-corrected chi connectivity index (χ4v) is 1.92. The second-order valence-electron chi connectivity index (χ2n) is 3.96. The van der Waals surface area contributed by atoms with Crippen molar-refractivity contribution >= 4 is 5.97 Å². The van der Waals surface area contributed by atoms with Gasteiger partial charge in [-0.15, -0.1) is 0 Å². The lowest BCUT2D eigenvalue weighted by molar-refractivity contribution is -0.143. The zero-order valence-corrected chi connectivity index (χ0v) is 12.5. The zero-order valence-electron chi connectivity index (χ0n) is 12.5. The van der Waals surface area contributed by atoms with E-state index >= 15 is 0 Å². The van der Waals surface area contributed by atoms with Crippen molar-refractivity contribution in [2.24, 2.45) is 0 Å². The minimum absolute atomic E-state index is 0.391. The Morgan fingerprint density at radius 3 is 2.05 bits per heavy atom. The van der Waals surface area contributed by atoms with Crippen molar-refractivity contribution in [3.05, 3.63) is 17.7 Å². The number of hydrogen-bond donors (Lipinski definition) is 1. The highest BCUT2D eigenvalue weighted by atomic mass is 16.5. The molecule has 1 atom stereocenters. The molecule has 0 spiro atoms. The number of esters is 1. The lowest BCUT2D eigenvalue weighted by Gasteiger charge is -2.20. The third kappa shape index (κ3) is 3.33. The van der Waals surface area contributed by atoms with Crippen LogP contribution in [0.1, 0.15) is 18.5 Å². The standard InChI is InChI=1S/C14H21NO5/c1-6-15-13(14(16)20-5)9-7-11(18-3)12(19-4)8-10(9)17-2/h7-8,13,15H,6H2,1-5H3. The Bertz CT molecular complexity index is 461. The van der Waals surface area contributed by atoms with Crippen LogP contribution in [0.4, 0.5) is 0 Å². The number of hydrogen-bond acceptors (Lipinski definition) is 6. The molecule has 0 radical (unpaired) electrons. The van der Waals surface area contributed by atoms with Gasteiger partial charge in [-0.3, -0.25) is 0 Å². The summed E-state index contributed by atoms with van der Waals surface area (Å²) in [5.74, 6) is 1.19. The van der Waals surface area contributed by atoms with Gasteiger partial charge in [0.25, 0.3) is 0 Å². The van der Waals surface area contributed by atoms with Gasteiger partial charge in [0.2, 0.25) is 0 Å². The summed E-state index contributed by atoms with van der Waals surface area (Å²) in [5, 5.41) is 3.06. The van der Waals surface area contributed by atoms with Gasteiger partial charge in [-0.2, -0.15) is 0 Å². The maximum Gasteiger partial charge on any atom is 0.327 e. The quantitative estimate of drug-likeness (QED) is 0.766. The van der Waals surface area contributed by atoms with Crippen molar-refractivity contribution in [3.8, 4) is 17.2 Å². The van der Waals surface area contributed by atoms with Gasteiger partial charge in [0.15, 0.2) is 11.5 Å². The molecule has 0 aliphatic carbocycles. The van der Waals surface area contributed by atoms with Gasteiger partial charge >= 0.3 is 5.97 Å². The van der Waals surface area contributed by atoms with E-state index in [1.54, 1.807) is 19.2 Å². The summed E-state index contributed by atoms with van der Waals surface area (Å²) in [7, 11) is 5.96.